The maximum atomic E-state index is 11.2. The van der Waals surface area contributed by atoms with Crippen LogP contribution in [0.4, 0.5) is 0 Å². The molecule has 0 saturated heterocycles. The van der Waals surface area contributed by atoms with Gasteiger partial charge in [-0.15, -0.1) is 0 Å². The summed E-state index contributed by atoms with van der Waals surface area (Å²) in [5, 5.41) is 9.03. The molecular weight excluding hydrogens is 244 g/mol. The van der Waals surface area contributed by atoms with Gasteiger partial charge in [0.2, 0.25) is 0 Å². The summed E-state index contributed by atoms with van der Waals surface area (Å²) in [6.07, 6.45) is -1.14. The minimum absolute atomic E-state index is 0.367. The first-order valence-corrected chi connectivity index (χ1v) is 5.88. The first kappa shape index (κ1) is 13.1. The van der Waals surface area contributed by atoms with Crippen molar-refractivity contribution in [2.75, 3.05) is 0 Å². The summed E-state index contributed by atoms with van der Waals surface area (Å²) in [6.45, 7) is 1.36. The van der Waals surface area contributed by atoms with E-state index in [-0.39, 0.29) is 0 Å². The van der Waals surface area contributed by atoms with Gasteiger partial charge >= 0.3 is 5.97 Å². The highest BCUT2D eigenvalue weighted by Gasteiger charge is 2.11. The van der Waals surface area contributed by atoms with Gasteiger partial charge in [0.05, 0.1) is 0 Å². The largest absolute Gasteiger partial charge is 0.457 e. The number of carbonyl (C=O) groups excluding carboxylic acids is 1. The predicted octanol–water partition coefficient (Wildman–Crippen LogP) is 2.77. The van der Waals surface area contributed by atoms with Crippen LogP contribution in [0.15, 0.2) is 54.6 Å². The zero-order chi connectivity index (χ0) is 13.7. The van der Waals surface area contributed by atoms with Crippen molar-refractivity contribution in [2.24, 2.45) is 0 Å². The molecule has 0 heterocycles. The van der Waals surface area contributed by atoms with Gasteiger partial charge in [-0.2, -0.15) is 0 Å². The SMILES string of the molecule is CC(O)C(=O)Oc1ccc(Oc2ccccc2)cc1. The fourth-order valence-electron chi connectivity index (χ4n) is 1.40. The maximum absolute atomic E-state index is 11.2. The second-order valence-corrected chi connectivity index (χ2v) is 3.98. The molecule has 1 N–H and O–H groups in total. The molecule has 0 bridgehead atoms. The van der Waals surface area contributed by atoms with Gasteiger partial charge in [0.25, 0.3) is 0 Å². The summed E-state index contributed by atoms with van der Waals surface area (Å²) in [5.41, 5.74) is 0. The molecule has 0 aromatic heterocycles. The Balaban J connectivity index is 2.01. The van der Waals surface area contributed by atoms with Crippen LogP contribution in [0.25, 0.3) is 0 Å². The van der Waals surface area contributed by atoms with Gasteiger partial charge in [-0.25, -0.2) is 4.79 Å². The number of aliphatic hydroxyl groups excluding tert-OH is 1. The number of para-hydroxylation sites is 1. The molecule has 98 valence electrons. The number of aliphatic hydroxyl groups is 1. The molecule has 4 nitrogen and oxygen atoms in total. The summed E-state index contributed by atoms with van der Waals surface area (Å²) in [5.74, 6) is 1.06. The lowest BCUT2D eigenvalue weighted by Crippen LogP contribution is -2.21. The first-order valence-electron chi connectivity index (χ1n) is 5.88. The summed E-state index contributed by atoms with van der Waals surface area (Å²) >= 11 is 0. The highest BCUT2D eigenvalue weighted by atomic mass is 16.5. The van der Waals surface area contributed by atoms with Crippen LogP contribution >= 0.6 is 0 Å². The van der Waals surface area contributed by atoms with Gasteiger partial charge in [-0.3, -0.25) is 0 Å². The Kier molecular flexibility index (Phi) is 4.15. The van der Waals surface area contributed by atoms with Crippen molar-refractivity contribution in [1.82, 2.24) is 0 Å². The third kappa shape index (κ3) is 3.82. The van der Waals surface area contributed by atoms with Crippen molar-refractivity contribution in [3.05, 3.63) is 54.6 Å². The van der Waals surface area contributed by atoms with E-state index in [0.717, 1.165) is 5.75 Å². The lowest BCUT2D eigenvalue weighted by molar-refractivity contribution is -0.142. The second-order valence-electron chi connectivity index (χ2n) is 3.98. The van der Waals surface area contributed by atoms with Crippen LogP contribution in [0.2, 0.25) is 0 Å². The predicted molar refractivity (Wildman–Crippen MR) is 70.3 cm³/mol. The zero-order valence-corrected chi connectivity index (χ0v) is 10.4. The van der Waals surface area contributed by atoms with Crippen LogP contribution < -0.4 is 9.47 Å². The molecule has 19 heavy (non-hydrogen) atoms. The van der Waals surface area contributed by atoms with E-state index in [0.29, 0.717) is 11.5 Å². The number of esters is 1. The van der Waals surface area contributed by atoms with Gasteiger partial charge in [-0.1, -0.05) is 18.2 Å². The summed E-state index contributed by atoms with van der Waals surface area (Å²) < 4.78 is 10.5. The van der Waals surface area contributed by atoms with Crippen molar-refractivity contribution in [3.8, 4) is 17.2 Å². The fourth-order valence-corrected chi connectivity index (χ4v) is 1.40. The van der Waals surface area contributed by atoms with E-state index in [4.69, 9.17) is 14.6 Å². The molecule has 1 atom stereocenters. The number of benzene rings is 2. The molecule has 4 heteroatoms. The zero-order valence-electron chi connectivity index (χ0n) is 10.4. The van der Waals surface area contributed by atoms with Gasteiger partial charge < -0.3 is 14.6 Å². The molecular formula is C15H14O4. The second kappa shape index (κ2) is 6.02. The highest BCUT2D eigenvalue weighted by Crippen LogP contribution is 2.23. The van der Waals surface area contributed by atoms with Crippen molar-refractivity contribution in [1.29, 1.82) is 0 Å². The van der Waals surface area contributed by atoms with E-state index in [9.17, 15) is 4.79 Å². The lowest BCUT2D eigenvalue weighted by atomic mass is 10.3. The average Bonchev–Trinajstić information content (AvgIpc) is 2.42. The van der Waals surface area contributed by atoms with Crippen molar-refractivity contribution >= 4 is 5.97 Å². The highest BCUT2D eigenvalue weighted by molar-refractivity contribution is 5.76. The van der Waals surface area contributed by atoms with Gasteiger partial charge in [-0.05, 0) is 43.3 Å². The molecule has 0 spiro atoms. The normalized spacial score (nSPS) is 11.7. The quantitative estimate of drug-likeness (QED) is 0.676. The van der Waals surface area contributed by atoms with E-state index in [1.165, 1.54) is 6.92 Å². The van der Waals surface area contributed by atoms with E-state index < -0.39 is 12.1 Å². The standard InChI is InChI=1S/C15H14O4/c1-11(16)15(17)19-14-9-7-13(8-10-14)18-12-5-3-2-4-6-12/h2-11,16H,1H3. The van der Waals surface area contributed by atoms with Crippen molar-refractivity contribution < 1.29 is 19.4 Å². The molecule has 0 aliphatic rings. The molecule has 2 aromatic rings. The third-order valence-electron chi connectivity index (χ3n) is 2.36. The summed E-state index contributed by atoms with van der Waals surface area (Å²) in [4.78, 5) is 11.2. The Morgan fingerprint density at radius 3 is 2.05 bits per heavy atom. The molecule has 1 unspecified atom stereocenters. The molecule has 0 fully saturated rings. The summed E-state index contributed by atoms with van der Waals surface area (Å²) in [6, 6.07) is 16.0. The van der Waals surface area contributed by atoms with Crippen LogP contribution in [0, 0.1) is 0 Å². The number of hydrogen-bond acceptors (Lipinski definition) is 4. The Labute approximate surface area is 111 Å². The van der Waals surface area contributed by atoms with Crippen molar-refractivity contribution in [2.45, 2.75) is 13.0 Å². The van der Waals surface area contributed by atoms with E-state index in [1.807, 2.05) is 30.3 Å². The van der Waals surface area contributed by atoms with Gasteiger partial charge in [0.1, 0.15) is 23.4 Å². The Morgan fingerprint density at radius 2 is 1.47 bits per heavy atom. The van der Waals surface area contributed by atoms with Crippen LogP contribution in [0.5, 0.6) is 17.2 Å². The number of carbonyl (C=O) groups is 1. The minimum Gasteiger partial charge on any atom is -0.457 e. The van der Waals surface area contributed by atoms with E-state index in [1.54, 1.807) is 24.3 Å². The number of ether oxygens (including phenoxy) is 2. The first-order chi connectivity index (χ1) is 9.15. The minimum atomic E-state index is -1.14. The Hall–Kier alpha value is -2.33. The van der Waals surface area contributed by atoms with Crippen LogP contribution in [0.3, 0.4) is 0 Å². The van der Waals surface area contributed by atoms with Gasteiger partial charge in [0.15, 0.2) is 0 Å². The molecule has 2 aromatic carbocycles. The maximum Gasteiger partial charge on any atom is 0.340 e. The molecule has 0 aliphatic heterocycles. The number of hydrogen-bond donors (Lipinski definition) is 1. The fraction of sp³-hybridized carbons (Fsp3) is 0.133. The third-order valence-corrected chi connectivity index (χ3v) is 2.36. The van der Waals surface area contributed by atoms with E-state index >= 15 is 0 Å². The van der Waals surface area contributed by atoms with E-state index in [2.05, 4.69) is 0 Å². The Bertz CT molecular complexity index is 532. The van der Waals surface area contributed by atoms with Crippen LogP contribution in [-0.2, 0) is 4.79 Å². The number of rotatable bonds is 4. The summed E-state index contributed by atoms with van der Waals surface area (Å²) in [7, 11) is 0. The van der Waals surface area contributed by atoms with Crippen LogP contribution in [0.1, 0.15) is 6.92 Å². The van der Waals surface area contributed by atoms with Crippen LogP contribution in [-0.4, -0.2) is 17.2 Å². The molecule has 0 radical (unpaired) electrons. The van der Waals surface area contributed by atoms with Gasteiger partial charge in [0, 0.05) is 0 Å². The molecule has 0 saturated carbocycles. The monoisotopic (exact) mass is 258 g/mol. The topological polar surface area (TPSA) is 55.8 Å². The average molecular weight is 258 g/mol. The molecule has 0 aliphatic carbocycles. The molecule has 2 rings (SSSR count). The Morgan fingerprint density at radius 1 is 0.947 bits per heavy atom. The van der Waals surface area contributed by atoms with Crippen molar-refractivity contribution in [3.63, 3.8) is 0 Å². The lowest BCUT2D eigenvalue weighted by Gasteiger charge is -2.08. The smallest absolute Gasteiger partial charge is 0.340 e. The molecule has 0 amide bonds.